The van der Waals surface area contributed by atoms with Crippen molar-refractivity contribution in [2.45, 2.75) is 13.0 Å². The second-order valence-electron chi connectivity index (χ2n) is 5.18. The third-order valence-electron chi connectivity index (χ3n) is 3.56. The maximum Gasteiger partial charge on any atom is 0.319 e. The first-order valence-electron chi connectivity index (χ1n) is 7.20. The van der Waals surface area contributed by atoms with Gasteiger partial charge in [-0.05, 0) is 30.7 Å². The van der Waals surface area contributed by atoms with Crippen LogP contribution in [0.25, 0.3) is 0 Å². The molecule has 116 valence electrons. The van der Waals surface area contributed by atoms with Crippen LogP contribution in [0.15, 0.2) is 66.1 Å². The van der Waals surface area contributed by atoms with E-state index >= 15 is 0 Å². The summed E-state index contributed by atoms with van der Waals surface area (Å²) >= 11 is 0. The first kappa shape index (κ1) is 14.8. The highest BCUT2D eigenvalue weighted by molar-refractivity contribution is 6.06. The van der Waals surface area contributed by atoms with Crippen LogP contribution < -0.4 is 16.0 Å². The van der Waals surface area contributed by atoms with Crippen molar-refractivity contribution in [3.63, 3.8) is 0 Å². The number of hydrogen-bond acceptors (Lipinski definition) is 3. The number of rotatable bonds is 3. The Labute approximate surface area is 133 Å². The third kappa shape index (κ3) is 3.21. The third-order valence-corrected chi connectivity index (χ3v) is 3.56. The minimum absolute atomic E-state index is 0.268. The van der Waals surface area contributed by atoms with Gasteiger partial charge in [0.1, 0.15) is 0 Å². The number of urea groups is 1. The lowest BCUT2D eigenvalue weighted by molar-refractivity contribution is -0.113. The molecule has 0 saturated carbocycles. The Hall–Kier alpha value is -3.15. The molecule has 6 heteroatoms. The Morgan fingerprint density at radius 2 is 1.96 bits per heavy atom. The standard InChI is InChI=1S/C17H16N4O2/c1-11-14(16(22)20-13-7-3-2-4-8-13)15(21-17(23)19-11)12-6-5-9-18-10-12/h2-10,15H,1H3,(H,20,22)(H2,19,21,23). The second-order valence-corrected chi connectivity index (χ2v) is 5.18. The van der Waals surface area contributed by atoms with E-state index in [1.54, 1.807) is 25.4 Å². The molecule has 1 aromatic carbocycles. The van der Waals surface area contributed by atoms with E-state index in [-0.39, 0.29) is 11.9 Å². The summed E-state index contributed by atoms with van der Waals surface area (Å²) in [5.41, 5.74) is 2.43. The van der Waals surface area contributed by atoms with Gasteiger partial charge in [0.05, 0.1) is 11.6 Å². The molecular weight excluding hydrogens is 292 g/mol. The highest BCUT2D eigenvalue weighted by Gasteiger charge is 2.31. The van der Waals surface area contributed by atoms with Crippen molar-refractivity contribution in [2.24, 2.45) is 0 Å². The Morgan fingerprint density at radius 1 is 1.17 bits per heavy atom. The second kappa shape index (κ2) is 6.31. The molecule has 1 unspecified atom stereocenters. The molecular formula is C17H16N4O2. The number of allylic oxidation sites excluding steroid dienone is 1. The van der Waals surface area contributed by atoms with E-state index in [2.05, 4.69) is 20.9 Å². The van der Waals surface area contributed by atoms with E-state index in [1.807, 2.05) is 36.4 Å². The Morgan fingerprint density at radius 3 is 2.65 bits per heavy atom. The number of anilines is 1. The van der Waals surface area contributed by atoms with Crippen LogP contribution in [-0.2, 0) is 4.79 Å². The molecule has 1 aliphatic rings. The van der Waals surface area contributed by atoms with E-state index < -0.39 is 6.04 Å². The highest BCUT2D eigenvalue weighted by Crippen LogP contribution is 2.27. The van der Waals surface area contributed by atoms with Gasteiger partial charge < -0.3 is 16.0 Å². The fourth-order valence-electron chi connectivity index (χ4n) is 2.51. The number of hydrogen-bond donors (Lipinski definition) is 3. The summed E-state index contributed by atoms with van der Waals surface area (Å²) in [6, 6.07) is 11.9. The van der Waals surface area contributed by atoms with Gasteiger partial charge in [-0.1, -0.05) is 24.3 Å². The van der Waals surface area contributed by atoms with Crippen molar-refractivity contribution in [3.8, 4) is 0 Å². The van der Waals surface area contributed by atoms with Gasteiger partial charge in [0.2, 0.25) is 0 Å². The van der Waals surface area contributed by atoms with Crippen molar-refractivity contribution in [1.82, 2.24) is 15.6 Å². The summed E-state index contributed by atoms with van der Waals surface area (Å²) in [6.07, 6.45) is 3.28. The number of benzene rings is 1. The number of carbonyl (C=O) groups excluding carboxylic acids is 2. The molecule has 0 saturated heterocycles. The molecule has 3 N–H and O–H groups in total. The van der Waals surface area contributed by atoms with E-state index in [0.29, 0.717) is 17.0 Å². The summed E-state index contributed by atoms with van der Waals surface area (Å²) < 4.78 is 0. The number of amides is 3. The first-order chi connectivity index (χ1) is 11.1. The van der Waals surface area contributed by atoms with Crippen LogP contribution in [0.1, 0.15) is 18.5 Å². The lowest BCUT2D eigenvalue weighted by Crippen LogP contribution is -2.46. The van der Waals surface area contributed by atoms with Crippen molar-refractivity contribution >= 4 is 17.6 Å². The van der Waals surface area contributed by atoms with Gasteiger partial charge in [-0.25, -0.2) is 4.79 Å². The molecule has 1 aromatic heterocycles. The van der Waals surface area contributed by atoms with Gasteiger partial charge in [-0.3, -0.25) is 9.78 Å². The number of pyridine rings is 1. The summed E-state index contributed by atoms with van der Waals surface area (Å²) in [5.74, 6) is -0.268. The zero-order valence-electron chi connectivity index (χ0n) is 12.5. The van der Waals surface area contributed by atoms with Crippen molar-refractivity contribution in [1.29, 1.82) is 0 Å². The highest BCUT2D eigenvalue weighted by atomic mass is 16.2. The van der Waals surface area contributed by atoms with E-state index in [1.165, 1.54) is 0 Å². The van der Waals surface area contributed by atoms with Crippen molar-refractivity contribution < 1.29 is 9.59 Å². The average molecular weight is 308 g/mol. The van der Waals surface area contributed by atoms with Crippen LogP contribution >= 0.6 is 0 Å². The quantitative estimate of drug-likeness (QED) is 0.814. The van der Waals surface area contributed by atoms with Crippen molar-refractivity contribution in [3.05, 3.63) is 71.7 Å². The van der Waals surface area contributed by atoms with E-state index in [0.717, 1.165) is 5.56 Å². The Balaban J connectivity index is 1.94. The molecule has 0 fully saturated rings. The summed E-state index contributed by atoms with van der Waals surface area (Å²) in [6.45, 7) is 1.71. The maximum atomic E-state index is 12.7. The molecule has 3 rings (SSSR count). The molecule has 1 aliphatic heterocycles. The SMILES string of the molecule is CC1=C(C(=O)Nc2ccccc2)C(c2cccnc2)NC(=O)N1. The maximum absolute atomic E-state index is 12.7. The number of para-hydroxylation sites is 1. The molecule has 2 heterocycles. The van der Waals surface area contributed by atoms with Crippen LogP contribution in [0.5, 0.6) is 0 Å². The normalized spacial score (nSPS) is 17.3. The fraction of sp³-hybridized carbons (Fsp3) is 0.118. The van der Waals surface area contributed by atoms with Gasteiger partial charge in [0, 0.05) is 23.8 Å². The lowest BCUT2D eigenvalue weighted by atomic mass is 9.96. The molecule has 0 bridgehead atoms. The summed E-state index contributed by atoms with van der Waals surface area (Å²) in [7, 11) is 0. The van der Waals surface area contributed by atoms with Crippen LogP contribution in [0.2, 0.25) is 0 Å². The van der Waals surface area contributed by atoms with Gasteiger partial charge >= 0.3 is 6.03 Å². The monoisotopic (exact) mass is 308 g/mol. The average Bonchev–Trinajstić information content (AvgIpc) is 2.55. The van der Waals surface area contributed by atoms with E-state index in [4.69, 9.17) is 0 Å². The van der Waals surface area contributed by atoms with Crippen LogP contribution in [0, 0.1) is 0 Å². The minimum atomic E-state index is -0.541. The largest absolute Gasteiger partial charge is 0.327 e. The summed E-state index contributed by atoms with van der Waals surface area (Å²) in [4.78, 5) is 28.5. The van der Waals surface area contributed by atoms with Gasteiger partial charge in [0.15, 0.2) is 0 Å². The zero-order chi connectivity index (χ0) is 16.2. The van der Waals surface area contributed by atoms with Gasteiger partial charge in [-0.15, -0.1) is 0 Å². The zero-order valence-corrected chi connectivity index (χ0v) is 12.5. The minimum Gasteiger partial charge on any atom is -0.327 e. The lowest BCUT2D eigenvalue weighted by Gasteiger charge is -2.28. The number of aromatic nitrogens is 1. The van der Waals surface area contributed by atoms with E-state index in [9.17, 15) is 9.59 Å². The molecule has 1 atom stereocenters. The Kier molecular flexibility index (Phi) is 4.05. The predicted molar refractivity (Wildman–Crippen MR) is 86.4 cm³/mol. The molecule has 2 aromatic rings. The van der Waals surface area contributed by atoms with Crippen LogP contribution in [0.3, 0.4) is 0 Å². The number of nitrogens with zero attached hydrogens (tertiary/aromatic N) is 1. The van der Waals surface area contributed by atoms with Gasteiger partial charge in [-0.2, -0.15) is 0 Å². The smallest absolute Gasteiger partial charge is 0.319 e. The van der Waals surface area contributed by atoms with Crippen LogP contribution in [0.4, 0.5) is 10.5 Å². The topological polar surface area (TPSA) is 83.1 Å². The van der Waals surface area contributed by atoms with Gasteiger partial charge in [0.25, 0.3) is 5.91 Å². The molecule has 0 spiro atoms. The number of nitrogens with one attached hydrogen (secondary N) is 3. The predicted octanol–water partition coefficient (Wildman–Crippen LogP) is 2.35. The molecule has 23 heavy (non-hydrogen) atoms. The molecule has 0 radical (unpaired) electrons. The van der Waals surface area contributed by atoms with Crippen molar-refractivity contribution in [2.75, 3.05) is 5.32 Å². The molecule has 0 aliphatic carbocycles. The molecule has 3 amide bonds. The first-order valence-corrected chi connectivity index (χ1v) is 7.20. The Bertz CT molecular complexity index is 757. The molecule has 6 nitrogen and oxygen atoms in total. The summed E-state index contributed by atoms with van der Waals surface area (Å²) in [5, 5.41) is 8.26. The van der Waals surface area contributed by atoms with Crippen LogP contribution in [-0.4, -0.2) is 16.9 Å². The number of carbonyl (C=O) groups is 2. The fourth-order valence-corrected chi connectivity index (χ4v) is 2.51.